The number of amides is 1. The summed E-state index contributed by atoms with van der Waals surface area (Å²) in [5.41, 5.74) is 1.40. The van der Waals surface area contributed by atoms with Crippen molar-refractivity contribution < 1.29 is 14.3 Å². The van der Waals surface area contributed by atoms with Crippen LogP contribution in [0.4, 0.5) is 0 Å². The highest BCUT2D eigenvalue weighted by Crippen LogP contribution is 2.50. The smallest absolute Gasteiger partial charge is 0.251 e. The van der Waals surface area contributed by atoms with E-state index in [-0.39, 0.29) is 41.4 Å². The first-order valence-corrected chi connectivity index (χ1v) is 10.7. The molecule has 1 atom stereocenters. The summed E-state index contributed by atoms with van der Waals surface area (Å²) in [6, 6.07) is 8.31. The number of piperazine rings is 1. The molecule has 166 valence electrons. The summed E-state index contributed by atoms with van der Waals surface area (Å²) in [6.45, 7) is 4.57. The number of carbonyl (C=O) groups is 1. The van der Waals surface area contributed by atoms with Crippen molar-refractivity contribution >= 4 is 35.8 Å². The Morgan fingerprint density at radius 1 is 1.23 bits per heavy atom. The molecule has 0 radical (unpaired) electrons. The Bertz CT molecular complexity index is 755. The lowest BCUT2D eigenvalue weighted by atomic mass is 9.95. The van der Waals surface area contributed by atoms with E-state index in [4.69, 9.17) is 9.47 Å². The number of nitrogens with zero attached hydrogens (tertiary/aromatic N) is 3. The normalized spacial score (nSPS) is 23.0. The van der Waals surface area contributed by atoms with Gasteiger partial charge in [-0.15, -0.1) is 24.0 Å². The van der Waals surface area contributed by atoms with Gasteiger partial charge in [0.1, 0.15) is 11.9 Å². The van der Waals surface area contributed by atoms with Crippen molar-refractivity contribution in [2.24, 2.45) is 4.99 Å². The molecule has 0 aromatic heterocycles. The third-order valence-electron chi connectivity index (χ3n) is 6.42. The molecule has 2 heterocycles. The number of benzene rings is 1. The summed E-state index contributed by atoms with van der Waals surface area (Å²) in [7, 11) is 3.56. The first kappa shape index (κ1) is 23.1. The van der Waals surface area contributed by atoms with Gasteiger partial charge in [-0.3, -0.25) is 9.79 Å². The molecule has 4 rings (SSSR count). The van der Waals surface area contributed by atoms with Crippen molar-refractivity contribution in [3.05, 3.63) is 29.8 Å². The molecule has 1 aliphatic carbocycles. The van der Waals surface area contributed by atoms with Crippen LogP contribution in [0.1, 0.15) is 31.2 Å². The van der Waals surface area contributed by atoms with Crippen molar-refractivity contribution in [1.29, 1.82) is 0 Å². The average Bonchev–Trinajstić information content (AvgIpc) is 3.36. The van der Waals surface area contributed by atoms with Gasteiger partial charge in [-0.25, -0.2) is 0 Å². The van der Waals surface area contributed by atoms with Gasteiger partial charge in [0.15, 0.2) is 5.96 Å². The van der Waals surface area contributed by atoms with Crippen molar-refractivity contribution in [2.45, 2.75) is 37.2 Å². The molecule has 0 spiro atoms. The number of ether oxygens (including phenoxy) is 2. The molecule has 1 N–H and O–H groups in total. The predicted octanol–water partition coefficient (Wildman–Crippen LogP) is 2.24. The van der Waals surface area contributed by atoms with E-state index in [0.29, 0.717) is 6.61 Å². The van der Waals surface area contributed by atoms with E-state index in [9.17, 15) is 4.79 Å². The van der Waals surface area contributed by atoms with Gasteiger partial charge < -0.3 is 24.6 Å². The summed E-state index contributed by atoms with van der Waals surface area (Å²) >= 11 is 0. The zero-order chi connectivity index (χ0) is 20.3. The van der Waals surface area contributed by atoms with Crippen molar-refractivity contribution in [1.82, 2.24) is 15.1 Å². The van der Waals surface area contributed by atoms with Gasteiger partial charge in [-0.05, 0) is 31.7 Å². The first-order valence-electron chi connectivity index (χ1n) is 10.7. The molecule has 3 fully saturated rings. The quantitative estimate of drug-likeness (QED) is 0.361. The molecule has 3 aliphatic rings. The minimum Gasteiger partial charge on any atom is -0.496 e. The van der Waals surface area contributed by atoms with Crippen LogP contribution in [0.2, 0.25) is 0 Å². The summed E-state index contributed by atoms with van der Waals surface area (Å²) in [4.78, 5) is 21.2. The number of guanidine groups is 1. The number of hydrogen-bond donors (Lipinski definition) is 1. The third-order valence-corrected chi connectivity index (χ3v) is 6.42. The van der Waals surface area contributed by atoms with Crippen LogP contribution in [0, 0.1) is 0 Å². The highest BCUT2D eigenvalue weighted by atomic mass is 127. The fraction of sp³-hybridized carbons (Fsp3) is 0.636. The van der Waals surface area contributed by atoms with Crippen molar-refractivity contribution in [3.63, 3.8) is 0 Å². The fourth-order valence-electron chi connectivity index (χ4n) is 4.47. The Hall–Kier alpha value is -1.55. The van der Waals surface area contributed by atoms with Gasteiger partial charge in [-0.1, -0.05) is 18.2 Å². The van der Waals surface area contributed by atoms with Gasteiger partial charge in [0.05, 0.1) is 7.11 Å². The Morgan fingerprint density at radius 2 is 1.93 bits per heavy atom. The zero-order valence-electron chi connectivity index (χ0n) is 17.9. The van der Waals surface area contributed by atoms with Crippen LogP contribution in [-0.2, 0) is 14.9 Å². The molecular weight excluding hydrogens is 495 g/mol. The number of methoxy groups -OCH3 is 1. The molecule has 0 bridgehead atoms. The summed E-state index contributed by atoms with van der Waals surface area (Å²) in [6.07, 6.45) is 3.92. The fourth-order valence-corrected chi connectivity index (χ4v) is 4.47. The van der Waals surface area contributed by atoms with E-state index >= 15 is 0 Å². The number of hydrogen-bond acceptors (Lipinski definition) is 4. The molecule has 8 heteroatoms. The monoisotopic (exact) mass is 528 g/mol. The maximum Gasteiger partial charge on any atom is 0.251 e. The van der Waals surface area contributed by atoms with E-state index < -0.39 is 0 Å². The van der Waals surface area contributed by atoms with Gasteiger partial charge in [-0.2, -0.15) is 0 Å². The van der Waals surface area contributed by atoms with E-state index in [2.05, 4.69) is 27.3 Å². The highest BCUT2D eigenvalue weighted by Gasteiger charge is 2.46. The van der Waals surface area contributed by atoms with Crippen LogP contribution in [0.15, 0.2) is 29.3 Å². The number of aliphatic imine (C=N–C) groups is 1. The van der Waals surface area contributed by atoms with Crippen molar-refractivity contribution in [3.8, 4) is 5.75 Å². The molecule has 2 aliphatic heterocycles. The zero-order valence-corrected chi connectivity index (χ0v) is 20.3. The second kappa shape index (κ2) is 10.2. The van der Waals surface area contributed by atoms with E-state index in [1.807, 2.05) is 24.1 Å². The Balaban J connectivity index is 0.00000256. The lowest BCUT2D eigenvalue weighted by Gasteiger charge is -2.37. The molecule has 1 amide bonds. The predicted molar refractivity (Wildman–Crippen MR) is 128 cm³/mol. The second-order valence-electron chi connectivity index (χ2n) is 8.20. The standard InChI is InChI=1S/C22H32N4O3.HI/c1-23-21(24-16-22(9-10-22)17-6-3-4-7-18(17)28-2)26-13-11-25(12-14-26)20(27)19-8-5-15-29-19;/h3-4,6-7,19H,5,8-16H2,1-2H3,(H,23,24);1H. The number of carbonyl (C=O) groups excluding carboxylic acids is 1. The molecule has 30 heavy (non-hydrogen) atoms. The molecule has 7 nitrogen and oxygen atoms in total. The number of nitrogens with one attached hydrogen (secondary N) is 1. The van der Waals surface area contributed by atoms with Gasteiger partial charge in [0, 0.05) is 57.4 Å². The maximum absolute atomic E-state index is 12.6. The van der Waals surface area contributed by atoms with Gasteiger partial charge >= 0.3 is 0 Å². The van der Waals surface area contributed by atoms with Crippen LogP contribution in [0.25, 0.3) is 0 Å². The topological polar surface area (TPSA) is 66.4 Å². The lowest BCUT2D eigenvalue weighted by Crippen LogP contribution is -2.55. The molecule has 1 saturated carbocycles. The summed E-state index contributed by atoms with van der Waals surface area (Å²) in [5.74, 6) is 2.02. The van der Waals surface area contributed by atoms with Crippen LogP contribution >= 0.6 is 24.0 Å². The average molecular weight is 528 g/mol. The van der Waals surface area contributed by atoms with Crippen LogP contribution in [0.5, 0.6) is 5.75 Å². The largest absolute Gasteiger partial charge is 0.496 e. The molecular formula is C22H33IN4O3. The van der Waals surface area contributed by atoms with Gasteiger partial charge in [0.2, 0.25) is 0 Å². The number of halogens is 1. The number of rotatable bonds is 5. The van der Waals surface area contributed by atoms with E-state index in [1.54, 1.807) is 7.11 Å². The maximum atomic E-state index is 12.6. The Morgan fingerprint density at radius 3 is 2.53 bits per heavy atom. The Kier molecular flexibility index (Phi) is 7.84. The first-order chi connectivity index (χ1) is 14.2. The van der Waals surface area contributed by atoms with Crippen molar-refractivity contribution in [2.75, 3.05) is 53.5 Å². The minimum absolute atomic E-state index is 0. The SMILES string of the molecule is CN=C(NCC1(c2ccccc2OC)CC1)N1CCN(C(=O)C2CCCO2)CC1.I. The molecule has 1 unspecified atom stereocenters. The van der Waals surface area contributed by atoms with E-state index in [0.717, 1.165) is 70.1 Å². The third kappa shape index (κ3) is 4.85. The van der Waals surface area contributed by atoms with Crippen LogP contribution in [-0.4, -0.2) is 81.3 Å². The minimum atomic E-state index is -0.227. The molecule has 1 aromatic rings. The lowest BCUT2D eigenvalue weighted by molar-refractivity contribution is -0.142. The summed E-state index contributed by atoms with van der Waals surface area (Å²) < 4.78 is 11.1. The summed E-state index contributed by atoms with van der Waals surface area (Å²) in [5, 5.41) is 3.58. The number of para-hydroxylation sites is 1. The van der Waals surface area contributed by atoms with Gasteiger partial charge in [0.25, 0.3) is 5.91 Å². The second-order valence-corrected chi connectivity index (χ2v) is 8.20. The highest BCUT2D eigenvalue weighted by molar-refractivity contribution is 14.0. The molecule has 2 saturated heterocycles. The Labute approximate surface area is 196 Å². The molecule has 1 aromatic carbocycles. The van der Waals surface area contributed by atoms with Crippen LogP contribution in [0.3, 0.4) is 0 Å². The van der Waals surface area contributed by atoms with E-state index in [1.165, 1.54) is 5.56 Å². The van der Waals surface area contributed by atoms with Crippen LogP contribution < -0.4 is 10.1 Å².